The molecule has 29 heavy (non-hydrogen) atoms. The number of hydrogen-bond acceptors (Lipinski definition) is 0. The van der Waals surface area contributed by atoms with Gasteiger partial charge in [-0.15, -0.1) is 0 Å². The van der Waals surface area contributed by atoms with Crippen molar-refractivity contribution in [3.63, 3.8) is 0 Å². The Bertz CT molecular complexity index is 1170. The summed E-state index contributed by atoms with van der Waals surface area (Å²) in [6, 6.07) is 31.8. The maximum absolute atomic E-state index is 2.39. The third-order valence-corrected chi connectivity index (χ3v) is 6.54. The van der Waals surface area contributed by atoms with E-state index in [4.69, 9.17) is 0 Å². The second kappa shape index (κ2) is 6.46. The molecule has 0 nitrogen and oxygen atoms in total. The Morgan fingerprint density at radius 1 is 0.517 bits per heavy atom. The van der Waals surface area contributed by atoms with Crippen molar-refractivity contribution >= 4 is 0 Å². The van der Waals surface area contributed by atoms with Crippen molar-refractivity contribution in [2.45, 2.75) is 33.1 Å². The maximum Gasteiger partial charge on any atom is 0.0435 e. The van der Waals surface area contributed by atoms with E-state index in [1.54, 1.807) is 0 Å². The number of benzene rings is 4. The van der Waals surface area contributed by atoms with E-state index in [9.17, 15) is 0 Å². The second-order valence-electron chi connectivity index (χ2n) is 8.67. The average Bonchev–Trinajstić information content (AvgIpc) is 2.97. The van der Waals surface area contributed by atoms with Crippen molar-refractivity contribution in [2.75, 3.05) is 0 Å². The van der Waals surface area contributed by atoms with Crippen LogP contribution in [0.3, 0.4) is 0 Å². The Morgan fingerprint density at radius 3 is 1.66 bits per heavy atom. The monoisotopic (exact) mass is 374 g/mol. The standard InChI is InChI=1S/C29H26/c1-19-8-12-22(13-9-19)23-6-5-7-24(18-23)29(4)27-16-20(2)10-14-25(27)26-15-11-21(3)17-28(26)29/h5-18H,1-4H3. The normalized spacial score (nSPS) is 13.8. The lowest BCUT2D eigenvalue weighted by Crippen LogP contribution is -2.22. The summed E-state index contributed by atoms with van der Waals surface area (Å²) in [5.74, 6) is 0. The lowest BCUT2D eigenvalue weighted by atomic mass is 9.73. The Labute approximate surface area is 173 Å². The molecule has 0 fully saturated rings. The van der Waals surface area contributed by atoms with E-state index in [1.165, 1.54) is 55.6 Å². The molecule has 0 saturated heterocycles. The van der Waals surface area contributed by atoms with Gasteiger partial charge in [-0.1, -0.05) is 95.6 Å². The molecule has 0 spiro atoms. The van der Waals surface area contributed by atoms with E-state index in [0.29, 0.717) is 0 Å². The average molecular weight is 375 g/mol. The van der Waals surface area contributed by atoms with Crippen LogP contribution in [-0.2, 0) is 5.41 Å². The zero-order valence-electron chi connectivity index (χ0n) is 17.6. The molecule has 0 heteroatoms. The van der Waals surface area contributed by atoms with E-state index in [-0.39, 0.29) is 5.41 Å². The summed E-state index contributed by atoms with van der Waals surface area (Å²) in [4.78, 5) is 0. The third-order valence-electron chi connectivity index (χ3n) is 6.54. The summed E-state index contributed by atoms with van der Waals surface area (Å²) in [7, 11) is 0. The lowest BCUT2D eigenvalue weighted by Gasteiger charge is -2.29. The zero-order valence-corrected chi connectivity index (χ0v) is 17.6. The summed E-state index contributed by atoms with van der Waals surface area (Å²) in [5.41, 5.74) is 13.2. The van der Waals surface area contributed by atoms with E-state index in [1.807, 2.05) is 0 Å². The third kappa shape index (κ3) is 2.75. The minimum atomic E-state index is -0.149. The molecule has 1 aliphatic carbocycles. The predicted octanol–water partition coefficient (Wildman–Crippen LogP) is 7.61. The van der Waals surface area contributed by atoms with Crippen LogP contribution in [0.1, 0.15) is 40.3 Å². The fraction of sp³-hybridized carbons (Fsp3) is 0.172. The maximum atomic E-state index is 2.39. The molecular formula is C29H26. The van der Waals surface area contributed by atoms with Gasteiger partial charge in [0.2, 0.25) is 0 Å². The fourth-order valence-electron chi connectivity index (χ4n) is 4.83. The molecule has 0 N–H and O–H groups in total. The van der Waals surface area contributed by atoms with E-state index >= 15 is 0 Å². The van der Waals surface area contributed by atoms with Gasteiger partial charge in [-0.05, 0) is 72.7 Å². The molecule has 4 aromatic carbocycles. The van der Waals surface area contributed by atoms with Crippen LogP contribution in [0.2, 0.25) is 0 Å². The predicted molar refractivity (Wildman–Crippen MR) is 124 cm³/mol. The van der Waals surface area contributed by atoms with Gasteiger partial charge < -0.3 is 0 Å². The second-order valence-corrected chi connectivity index (χ2v) is 8.67. The number of aryl methyl sites for hydroxylation is 3. The van der Waals surface area contributed by atoms with Gasteiger partial charge in [0.25, 0.3) is 0 Å². The van der Waals surface area contributed by atoms with Crippen molar-refractivity contribution in [3.05, 3.63) is 118 Å². The minimum Gasteiger partial charge on any atom is -0.0613 e. The molecule has 0 atom stereocenters. The van der Waals surface area contributed by atoms with Gasteiger partial charge in [-0.2, -0.15) is 0 Å². The fourth-order valence-corrected chi connectivity index (χ4v) is 4.83. The molecule has 0 heterocycles. The molecule has 0 aromatic heterocycles. The Kier molecular flexibility index (Phi) is 3.99. The number of hydrogen-bond donors (Lipinski definition) is 0. The molecular weight excluding hydrogens is 348 g/mol. The molecule has 0 radical (unpaired) electrons. The highest BCUT2D eigenvalue weighted by Gasteiger charge is 2.40. The van der Waals surface area contributed by atoms with Crippen LogP contribution >= 0.6 is 0 Å². The van der Waals surface area contributed by atoms with Crippen LogP contribution < -0.4 is 0 Å². The molecule has 0 amide bonds. The first-order valence-electron chi connectivity index (χ1n) is 10.4. The van der Waals surface area contributed by atoms with Gasteiger partial charge in [-0.25, -0.2) is 0 Å². The zero-order chi connectivity index (χ0) is 20.2. The SMILES string of the molecule is Cc1ccc(-c2cccc(C3(C)c4cc(C)ccc4-c4ccc(C)cc43)c2)cc1. The van der Waals surface area contributed by atoms with Crippen molar-refractivity contribution in [1.29, 1.82) is 0 Å². The van der Waals surface area contributed by atoms with Crippen LogP contribution in [0.25, 0.3) is 22.3 Å². The number of rotatable bonds is 2. The molecule has 0 aliphatic heterocycles. The highest BCUT2D eigenvalue weighted by atomic mass is 14.4. The number of fused-ring (bicyclic) bond motifs is 3. The summed E-state index contributed by atoms with van der Waals surface area (Å²) >= 11 is 0. The summed E-state index contributed by atoms with van der Waals surface area (Å²) in [5, 5.41) is 0. The Balaban J connectivity index is 1.75. The van der Waals surface area contributed by atoms with Gasteiger partial charge in [0.15, 0.2) is 0 Å². The first-order chi connectivity index (χ1) is 14.0. The molecule has 4 aromatic rings. The molecule has 0 bridgehead atoms. The minimum absolute atomic E-state index is 0.149. The quantitative estimate of drug-likeness (QED) is 0.338. The van der Waals surface area contributed by atoms with Crippen LogP contribution in [0.4, 0.5) is 0 Å². The highest BCUT2D eigenvalue weighted by molar-refractivity contribution is 5.84. The molecule has 1 aliphatic rings. The largest absolute Gasteiger partial charge is 0.0613 e. The first-order valence-corrected chi connectivity index (χ1v) is 10.4. The van der Waals surface area contributed by atoms with Gasteiger partial charge >= 0.3 is 0 Å². The summed E-state index contributed by atoms with van der Waals surface area (Å²) in [6.07, 6.45) is 0. The molecule has 5 rings (SSSR count). The highest BCUT2D eigenvalue weighted by Crippen LogP contribution is 2.53. The van der Waals surface area contributed by atoms with Crippen LogP contribution in [0, 0.1) is 20.8 Å². The van der Waals surface area contributed by atoms with E-state index in [2.05, 4.69) is 113 Å². The molecule has 142 valence electrons. The van der Waals surface area contributed by atoms with Crippen molar-refractivity contribution in [3.8, 4) is 22.3 Å². The van der Waals surface area contributed by atoms with Gasteiger partial charge in [-0.3, -0.25) is 0 Å². The summed E-state index contributed by atoms with van der Waals surface area (Å²) in [6.45, 7) is 8.92. The van der Waals surface area contributed by atoms with Crippen molar-refractivity contribution in [1.82, 2.24) is 0 Å². The molecule has 0 unspecified atom stereocenters. The van der Waals surface area contributed by atoms with Crippen LogP contribution in [0.15, 0.2) is 84.9 Å². The van der Waals surface area contributed by atoms with Crippen molar-refractivity contribution < 1.29 is 0 Å². The van der Waals surface area contributed by atoms with Crippen LogP contribution in [-0.4, -0.2) is 0 Å². The van der Waals surface area contributed by atoms with Gasteiger partial charge in [0.05, 0.1) is 0 Å². The Hall–Kier alpha value is -3.12. The smallest absolute Gasteiger partial charge is 0.0435 e. The van der Waals surface area contributed by atoms with Crippen molar-refractivity contribution in [2.24, 2.45) is 0 Å². The van der Waals surface area contributed by atoms with E-state index < -0.39 is 0 Å². The van der Waals surface area contributed by atoms with Gasteiger partial charge in [0, 0.05) is 5.41 Å². The van der Waals surface area contributed by atoms with Gasteiger partial charge in [0.1, 0.15) is 0 Å². The summed E-state index contributed by atoms with van der Waals surface area (Å²) < 4.78 is 0. The van der Waals surface area contributed by atoms with Crippen LogP contribution in [0.5, 0.6) is 0 Å². The van der Waals surface area contributed by atoms with E-state index in [0.717, 1.165) is 0 Å². The topological polar surface area (TPSA) is 0 Å². The lowest BCUT2D eigenvalue weighted by molar-refractivity contribution is 0.712. The first kappa shape index (κ1) is 17.9. The molecule has 0 saturated carbocycles. The Morgan fingerprint density at radius 2 is 1.07 bits per heavy atom.